The van der Waals surface area contributed by atoms with Gasteiger partial charge >= 0.3 is 0 Å². The Bertz CT molecular complexity index is 511. The molecule has 0 fully saturated rings. The van der Waals surface area contributed by atoms with Gasteiger partial charge in [0.25, 0.3) is 0 Å². The van der Waals surface area contributed by atoms with Crippen molar-refractivity contribution in [2.45, 2.75) is 39.8 Å². The fourth-order valence-electron chi connectivity index (χ4n) is 2.05. The van der Waals surface area contributed by atoms with Crippen molar-refractivity contribution >= 4 is 0 Å². The average molecular weight is 244 g/mol. The van der Waals surface area contributed by atoms with Gasteiger partial charge in [0.2, 0.25) is 0 Å². The zero-order chi connectivity index (χ0) is 13.1. The molecule has 0 aliphatic rings. The van der Waals surface area contributed by atoms with Gasteiger partial charge in [-0.2, -0.15) is 0 Å². The Morgan fingerprint density at radius 3 is 2.44 bits per heavy atom. The first-order chi connectivity index (χ1) is 8.61. The lowest BCUT2D eigenvalue weighted by atomic mass is 10.1. The number of benzene rings is 1. The van der Waals surface area contributed by atoms with Crippen LogP contribution in [0, 0.1) is 6.92 Å². The summed E-state index contributed by atoms with van der Waals surface area (Å²) in [7, 11) is 0. The van der Waals surface area contributed by atoms with E-state index in [0.717, 1.165) is 24.6 Å². The zero-order valence-electron chi connectivity index (χ0n) is 11.2. The van der Waals surface area contributed by atoms with E-state index < -0.39 is 0 Å². The van der Waals surface area contributed by atoms with Crippen LogP contribution in [0.1, 0.15) is 42.7 Å². The molecule has 0 radical (unpaired) electrons. The highest BCUT2D eigenvalue weighted by Crippen LogP contribution is 2.13. The number of rotatable bonds is 4. The molecule has 1 unspecified atom stereocenters. The van der Waals surface area contributed by atoms with Gasteiger partial charge in [-0.05, 0) is 26.3 Å². The molecule has 96 valence electrons. The normalized spacial score (nSPS) is 12.7. The molecule has 18 heavy (non-hydrogen) atoms. The van der Waals surface area contributed by atoms with E-state index in [1.54, 1.807) is 0 Å². The molecule has 2 N–H and O–H groups in total. The number of nitrogens with two attached hydrogens (primary N) is 1. The molecule has 0 saturated heterocycles. The summed E-state index contributed by atoms with van der Waals surface area (Å²) in [6, 6.07) is 8.43. The molecule has 2 aromatic rings. The van der Waals surface area contributed by atoms with Crippen molar-refractivity contribution in [3.05, 3.63) is 47.0 Å². The largest absolute Gasteiger partial charge is 0.322 e. The van der Waals surface area contributed by atoms with Crippen LogP contribution in [0.15, 0.2) is 24.3 Å². The maximum absolute atomic E-state index is 5.89. The average Bonchev–Trinajstić information content (AvgIpc) is 2.75. The van der Waals surface area contributed by atoms with E-state index in [0.29, 0.717) is 0 Å². The van der Waals surface area contributed by atoms with Crippen molar-refractivity contribution in [1.82, 2.24) is 14.8 Å². The van der Waals surface area contributed by atoms with Crippen LogP contribution < -0.4 is 5.73 Å². The number of hydrogen-bond acceptors (Lipinski definition) is 3. The minimum atomic E-state index is -0.0794. The summed E-state index contributed by atoms with van der Waals surface area (Å²) in [6.45, 7) is 6.97. The van der Waals surface area contributed by atoms with Crippen LogP contribution in [0.4, 0.5) is 0 Å². The molecule has 0 aliphatic carbocycles. The Kier molecular flexibility index (Phi) is 3.77. The Morgan fingerprint density at radius 2 is 1.89 bits per heavy atom. The second-order valence-electron chi connectivity index (χ2n) is 4.67. The zero-order valence-corrected chi connectivity index (χ0v) is 11.2. The van der Waals surface area contributed by atoms with Gasteiger partial charge < -0.3 is 10.3 Å². The van der Waals surface area contributed by atoms with Crippen LogP contribution in [-0.2, 0) is 13.0 Å². The van der Waals surface area contributed by atoms with Crippen LogP contribution >= 0.6 is 0 Å². The molecular formula is C14H20N4. The van der Waals surface area contributed by atoms with Gasteiger partial charge in [0.1, 0.15) is 11.6 Å². The molecule has 1 atom stereocenters. The van der Waals surface area contributed by atoms with Crippen molar-refractivity contribution in [3.8, 4) is 0 Å². The van der Waals surface area contributed by atoms with Gasteiger partial charge in [-0.1, -0.05) is 29.8 Å². The van der Waals surface area contributed by atoms with Gasteiger partial charge in [0.05, 0.1) is 6.04 Å². The SMILES string of the molecule is CCn1c(Cc2ccc(C)cc2)nnc1C(C)N. The summed E-state index contributed by atoms with van der Waals surface area (Å²) in [4.78, 5) is 0. The third kappa shape index (κ3) is 2.59. The Balaban J connectivity index is 2.26. The lowest BCUT2D eigenvalue weighted by Gasteiger charge is -2.09. The number of nitrogens with zero attached hydrogens (tertiary/aromatic N) is 3. The minimum absolute atomic E-state index is 0.0794. The second-order valence-corrected chi connectivity index (χ2v) is 4.67. The molecule has 0 bridgehead atoms. The number of aryl methyl sites for hydroxylation is 1. The quantitative estimate of drug-likeness (QED) is 0.897. The molecule has 0 amide bonds. The lowest BCUT2D eigenvalue weighted by molar-refractivity contribution is 0.620. The summed E-state index contributed by atoms with van der Waals surface area (Å²) in [6.07, 6.45) is 0.799. The van der Waals surface area contributed by atoms with Crippen molar-refractivity contribution in [2.75, 3.05) is 0 Å². The summed E-state index contributed by atoms with van der Waals surface area (Å²) in [5, 5.41) is 8.45. The van der Waals surface area contributed by atoms with Crippen LogP contribution in [-0.4, -0.2) is 14.8 Å². The van der Waals surface area contributed by atoms with E-state index in [-0.39, 0.29) is 6.04 Å². The Labute approximate surface area is 108 Å². The lowest BCUT2D eigenvalue weighted by Crippen LogP contribution is -2.14. The maximum atomic E-state index is 5.89. The minimum Gasteiger partial charge on any atom is -0.322 e. The molecule has 4 nitrogen and oxygen atoms in total. The predicted octanol–water partition coefficient (Wildman–Crippen LogP) is 2.22. The molecule has 0 saturated carbocycles. The standard InChI is InChI=1S/C14H20N4/c1-4-18-13(16-17-14(18)11(3)15)9-12-7-5-10(2)6-8-12/h5-8,11H,4,9,15H2,1-3H3. The fourth-order valence-corrected chi connectivity index (χ4v) is 2.05. The highest BCUT2D eigenvalue weighted by atomic mass is 15.3. The van der Waals surface area contributed by atoms with E-state index >= 15 is 0 Å². The van der Waals surface area contributed by atoms with Gasteiger partial charge in [0.15, 0.2) is 0 Å². The van der Waals surface area contributed by atoms with Gasteiger partial charge in [0, 0.05) is 13.0 Å². The summed E-state index contributed by atoms with van der Waals surface area (Å²) in [5.41, 5.74) is 8.41. The molecule has 1 heterocycles. The van der Waals surface area contributed by atoms with E-state index in [1.165, 1.54) is 11.1 Å². The van der Waals surface area contributed by atoms with E-state index in [2.05, 4.69) is 52.9 Å². The third-order valence-corrected chi connectivity index (χ3v) is 3.06. The highest BCUT2D eigenvalue weighted by Gasteiger charge is 2.13. The molecule has 1 aromatic carbocycles. The molecule has 2 rings (SSSR count). The Morgan fingerprint density at radius 1 is 1.22 bits per heavy atom. The predicted molar refractivity (Wildman–Crippen MR) is 72.3 cm³/mol. The van der Waals surface area contributed by atoms with Crippen molar-refractivity contribution in [1.29, 1.82) is 0 Å². The number of aromatic nitrogens is 3. The summed E-state index contributed by atoms with van der Waals surface area (Å²) >= 11 is 0. The summed E-state index contributed by atoms with van der Waals surface area (Å²) < 4.78 is 2.10. The molecular weight excluding hydrogens is 224 g/mol. The van der Waals surface area contributed by atoms with E-state index in [9.17, 15) is 0 Å². The van der Waals surface area contributed by atoms with Crippen LogP contribution in [0.25, 0.3) is 0 Å². The van der Waals surface area contributed by atoms with Crippen LogP contribution in [0.2, 0.25) is 0 Å². The smallest absolute Gasteiger partial charge is 0.149 e. The molecule has 4 heteroatoms. The van der Waals surface area contributed by atoms with Gasteiger partial charge in [-0.3, -0.25) is 0 Å². The van der Waals surface area contributed by atoms with Gasteiger partial charge in [-0.25, -0.2) is 0 Å². The van der Waals surface area contributed by atoms with E-state index in [1.807, 2.05) is 6.92 Å². The van der Waals surface area contributed by atoms with E-state index in [4.69, 9.17) is 5.73 Å². The highest BCUT2D eigenvalue weighted by molar-refractivity contribution is 5.24. The molecule has 0 spiro atoms. The van der Waals surface area contributed by atoms with Crippen molar-refractivity contribution in [2.24, 2.45) is 5.73 Å². The van der Waals surface area contributed by atoms with Crippen LogP contribution in [0.3, 0.4) is 0 Å². The first-order valence-corrected chi connectivity index (χ1v) is 6.35. The summed E-state index contributed by atoms with van der Waals surface area (Å²) in [5.74, 6) is 1.84. The van der Waals surface area contributed by atoms with Gasteiger partial charge in [-0.15, -0.1) is 10.2 Å². The second kappa shape index (κ2) is 5.31. The van der Waals surface area contributed by atoms with Crippen LogP contribution in [0.5, 0.6) is 0 Å². The monoisotopic (exact) mass is 244 g/mol. The fraction of sp³-hybridized carbons (Fsp3) is 0.429. The van der Waals surface area contributed by atoms with Crippen molar-refractivity contribution < 1.29 is 0 Å². The first kappa shape index (κ1) is 12.8. The third-order valence-electron chi connectivity index (χ3n) is 3.06. The maximum Gasteiger partial charge on any atom is 0.149 e. The Hall–Kier alpha value is -1.68. The van der Waals surface area contributed by atoms with Crippen molar-refractivity contribution in [3.63, 3.8) is 0 Å². The molecule has 1 aromatic heterocycles. The first-order valence-electron chi connectivity index (χ1n) is 6.35. The number of hydrogen-bond donors (Lipinski definition) is 1. The topological polar surface area (TPSA) is 56.7 Å². The molecule has 0 aliphatic heterocycles.